The Morgan fingerprint density at radius 3 is 2.93 bits per heavy atom. The maximum atomic E-state index is 5.09. The van der Waals surface area contributed by atoms with Crippen molar-refractivity contribution in [1.29, 1.82) is 0 Å². The molecule has 0 aliphatic rings. The molecule has 74 valence electrons. The van der Waals surface area contributed by atoms with Crippen LogP contribution < -0.4 is 5.32 Å². The Kier molecular flexibility index (Phi) is 2.22. The topological polar surface area (TPSA) is 66.7 Å². The third-order valence-corrected chi connectivity index (χ3v) is 2.13. The van der Waals surface area contributed by atoms with Gasteiger partial charge in [0.05, 0.1) is 12.2 Å². The van der Waals surface area contributed by atoms with Gasteiger partial charge in [0, 0.05) is 18.0 Å². The summed E-state index contributed by atoms with van der Waals surface area (Å²) in [6.07, 6.45) is 3.50. The van der Waals surface area contributed by atoms with E-state index in [-0.39, 0.29) is 0 Å². The summed E-state index contributed by atoms with van der Waals surface area (Å²) in [5.41, 5.74) is 1.95. The monoisotopic (exact) mass is 192 g/mol. The quantitative estimate of drug-likeness (QED) is 0.775. The zero-order valence-electron chi connectivity index (χ0n) is 8.16. The smallest absolute Gasteiger partial charge is 0.228 e. The minimum absolute atomic E-state index is 0.614. The number of aromatic amines is 1. The largest absolute Gasteiger partial charge is 0.347 e. The highest BCUT2D eigenvalue weighted by atomic mass is 16.5. The van der Waals surface area contributed by atoms with Crippen molar-refractivity contribution in [2.24, 2.45) is 0 Å². The predicted molar refractivity (Wildman–Crippen MR) is 51.9 cm³/mol. The Morgan fingerprint density at radius 1 is 1.50 bits per heavy atom. The first-order chi connectivity index (χ1) is 6.77. The molecular weight excluding hydrogens is 180 g/mol. The summed E-state index contributed by atoms with van der Waals surface area (Å²) in [4.78, 5) is 7.09. The van der Waals surface area contributed by atoms with Crippen LogP contribution in [0.3, 0.4) is 0 Å². The zero-order valence-corrected chi connectivity index (χ0v) is 8.16. The van der Waals surface area contributed by atoms with Crippen LogP contribution in [0, 0.1) is 13.8 Å². The molecule has 2 N–H and O–H groups in total. The van der Waals surface area contributed by atoms with E-state index in [0.29, 0.717) is 12.4 Å². The second-order valence-corrected chi connectivity index (χ2v) is 3.11. The maximum absolute atomic E-state index is 5.09. The molecule has 0 bridgehead atoms. The van der Waals surface area contributed by atoms with Crippen LogP contribution in [0.2, 0.25) is 0 Å². The van der Waals surface area contributed by atoms with Crippen LogP contribution in [0.1, 0.15) is 17.1 Å². The summed E-state index contributed by atoms with van der Waals surface area (Å²) in [6, 6.07) is 0. The van der Waals surface area contributed by atoms with Crippen LogP contribution in [0.5, 0.6) is 0 Å². The molecule has 0 radical (unpaired) electrons. The number of aryl methyl sites for hydroxylation is 1. The molecule has 0 aromatic carbocycles. The Hall–Kier alpha value is -1.78. The Balaban J connectivity index is 2.02. The lowest BCUT2D eigenvalue weighted by Crippen LogP contribution is -2.01. The Morgan fingerprint density at radius 2 is 2.36 bits per heavy atom. The zero-order chi connectivity index (χ0) is 9.97. The average Bonchev–Trinajstić information content (AvgIpc) is 2.77. The summed E-state index contributed by atoms with van der Waals surface area (Å²) in [7, 11) is 0. The lowest BCUT2D eigenvalue weighted by atomic mass is 10.3. The van der Waals surface area contributed by atoms with Crippen molar-refractivity contribution in [1.82, 2.24) is 15.1 Å². The fourth-order valence-corrected chi connectivity index (χ4v) is 1.14. The van der Waals surface area contributed by atoms with Crippen molar-refractivity contribution in [3.8, 4) is 0 Å². The van der Waals surface area contributed by atoms with E-state index in [0.717, 1.165) is 17.1 Å². The van der Waals surface area contributed by atoms with Gasteiger partial charge >= 0.3 is 0 Å². The predicted octanol–water partition coefficient (Wildman–Crippen LogP) is 1.63. The minimum atomic E-state index is 0.614. The molecule has 0 unspecified atom stereocenters. The molecule has 2 rings (SSSR count). The molecule has 2 aromatic rings. The molecule has 0 spiro atoms. The highest BCUT2D eigenvalue weighted by Gasteiger charge is 2.07. The third-order valence-electron chi connectivity index (χ3n) is 2.13. The molecule has 0 aliphatic carbocycles. The number of nitrogens with one attached hydrogen (secondary N) is 2. The average molecular weight is 192 g/mol. The molecule has 0 fully saturated rings. The van der Waals surface area contributed by atoms with Crippen LogP contribution in [-0.2, 0) is 6.54 Å². The van der Waals surface area contributed by atoms with Gasteiger partial charge in [-0.3, -0.25) is 0 Å². The van der Waals surface area contributed by atoms with Gasteiger partial charge < -0.3 is 14.8 Å². The number of hydrogen-bond donors (Lipinski definition) is 2. The number of nitrogens with zero attached hydrogens (tertiary/aromatic N) is 2. The lowest BCUT2D eigenvalue weighted by Gasteiger charge is -1.99. The lowest BCUT2D eigenvalue weighted by molar-refractivity contribution is 0.426. The highest BCUT2D eigenvalue weighted by Crippen LogP contribution is 2.17. The van der Waals surface area contributed by atoms with Crippen molar-refractivity contribution in [3.63, 3.8) is 0 Å². The molecule has 2 aromatic heterocycles. The van der Waals surface area contributed by atoms with Gasteiger partial charge in [0.25, 0.3) is 0 Å². The number of hydrogen-bond acceptors (Lipinski definition) is 4. The molecule has 0 amide bonds. The normalized spacial score (nSPS) is 10.4. The van der Waals surface area contributed by atoms with Gasteiger partial charge in [-0.1, -0.05) is 5.16 Å². The fraction of sp³-hybridized carbons (Fsp3) is 0.333. The summed E-state index contributed by atoms with van der Waals surface area (Å²) in [5, 5.41) is 6.96. The first-order valence-corrected chi connectivity index (χ1v) is 4.42. The van der Waals surface area contributed by atoms with Crippen LogP contribution in [0.15, 0.2) is 16.9 Å². The van der Waals surface area contributed by atoms with Gasteiger partial charge in [0.1, 0.15) is 5.82 Å². The van der Waals surface area contributed by atoms with E-state index in [1.807, 2.05) is 13.8 Å². The second kappa shape index (κ2) is 3.53. The highest BCUT2D eigenvalue weighted by molar-refractivity contribution is 5.41. The van der Waals surface area contributed by atoms with E-state index < -0.39 is 0 Å². The molecule has 0 atom stereocenters. The van der Waals surface area contributed by atoms with E-state index in [4.69, 9.17) is 4.52 Å². The molecule has 0 saturated heterocycles. The SMILES string of the molecule is Cc1noc(NCc2ncc[nH]2)c1C. The van der Waals surface area contributed by atoms with Crippen LogP contribution in [0.25, 0.3) is 0 Å². The molecule has 5 nitrogen and oxygen atoms in total. The van der Waals surface area contributed by atoms with E-state index in [2.05, 4.69) is 20.4 Å². The third kappa shape index (κ3) is 1.61. The van der Waals surface area contributed by atoms with Crippen LogP contribution >= 0.6 is 0 Å². The van der Waals surface area contributed by atoms with E-state index in [1.165, 1.54) is 0 Å². The molecule has 5 heteroatoms. The van der Waals surface area contributed by atoms with Gasteiger partial charge in [-0.2, -0.15) is 0 Å². The summed E-state index contributed by atoms with van der Waals surface area (Å²) < 4.78 is 5.09. The van der Waals surface area contributed by atoms with E-state index >= 15 is 0 Å². The van der Waals surface area contributed by atoms with Crippen LogP contribution in [-0.4, -0.2) is 15.1 Å². The fourth-order valence-electron chi connectivity index (χ4n) is 1.14. The first-order valence-electron chi connectivity index (χ1n) is 4.42. The van der Waals surface area contributed by atoms with Crippen molar-refractivity contribution < 1.29 is 4.52 Å². The van der Waals surface area contributed by atoms with E-state index in [1.54, 1.807) is 12.4 Å². The minimum Gasteiger partial charge on any atom is -0.347 e. The number of rotatable bonds is 3. The van der Waals surface area contributed by atoms with Crippen LogP contribution in [0.4, 0.5) is 5.88 Å². The van der Waals surface area contributed by atoms with Crippen molar-refractivity contribution in [3.05, 3.63) is 29.5 Å². The molecule has 2 heterocycles. The van der Waals surface area contributed by atoms with Crippen molar-refractivity contribution in [2.75, 3.05) is 5.32 Å². The van der Waals surface area contributed by atoms with Crippen molar-refractivity contribution in [2.45, 2.75) is 20.4 Å². The Labute approximate surface area is 81.5 Å². The Bertz CT molecular complexity index is 404. The first kappa shape index (κ1) is 8.80. The second-order valence-electron chi connectivity index (χ2n) is 3.11. The summed E-state index contributed by atoms with van der Waals surface area (Å²) in [5.74, 6) is 1.58. The standard InChI is InChI=1S/C9H12N4O/c1-6-7(2)13-14-9(6)12-5-8-10-3-4-11-8/h3-4,12H,5H2,1-2H3,(H,10,11). The summed E-state index contributed by atoms with van der Waals surface area (Å²) in [6.45, 7) is 4.50. The van der Waals surface area contributed by atoms with Gasteiger partial charge in [0.15, 0.2) is 0 Å². The number of H-pyrrole nitrogens is 1. The molecule has 0 saturated carbocycles. The van der Waals surface area contributed by atoms with Gasteiger partial charge in [-0.15, -0.1) is 0 Å². The van der Waals surface area contributed by atoms with E-state index in [9.17, 15) is 0 Å². The van der Waals surface area contributed by atoms with Gasteiger partial charge in [-0.25, -0.2) is 4.98 Å². The van der Waals surface area contributed by atoms with Crippen molar-refractivity contribution >= 4 is 5.88 Å². The molecule has 0 aliphatic heterocycles. The molecular formula is C9H12N4O. The van der Waals surface area contributed by atoms with Gasteiger partial charge in [0.2, 0.25) is 5.88 Å². The summed E-state index contributed by atoms with van der Waals surface area (Å²) >= 11 is 0. The molecule has 14 heavy (non-hydrogen) atoms. The number of imidazole rings is 1. The number of aromatic nitrogens is 3. The number of anilines is 1. The van der Waals surface area contributed by atoms with Gasteiger partial charge in [-0.05, 0) is 13.8 Å². The maximum Gasteiger partial charge on any atom is 0.228 e.